The normalized spacial score (nSPS) is 19.3. The SMILES string of the molecule is COc1cc(C(F)(F)F)cc(C(F)(F)F)c1C(=O)NC(c1ccccc1)C1(N2CCCC2)CCCC1. The van der Waals surface area contributed by atoms with Gasteiger partial charge in [-0.2, -0.15) is 26.3 Å². The predicted molar refractivity (Wildman–Crippen MR) is 122 cm³/mol. The maximum atomic E-state index is 14.0. The Morgan fingerprint density at radius 3 is 2.08 bits per heavy atom. The lowest BCUT2D eigenvalue weighted by Crippen LogP contribution is -2.55. The molecule has 4 rings (SSSR count). The summed E-state index contributed by atoms with van der Waals surface area (Å²) < 4.78 is 86.8. The van der Waals surface area contributed by atoms with Gasteiger partial charge < -0.3 is 10.1 Å². The second kappa shape index (κ2) is 9.95. The minimum atomic E-state index is -5.20. The van der Waals surface area contributed by atoms with Crippen molar-refractivity contribution in [3.05, 3.63) is 64.7 Å². The Kier molecular flexibility index (Phi) is 7.28. The summed E-state index contributed by atoms with van der Waals surface area (Å²) in [5.41, 5.74) is -3.93. The number of alkyl halides is 6. The van der Waals surface area contributed by atoms with Gasteiger partial charge in [-0.1, -0.05) is 43.2 Å². The molecule has 2 aromatic carbocycles. The van der Waals surface area contributed by atoms with Gasteiger partial charge in [0.2, 0.25) is 0 Å². The number of carbonyl (C=O) groups is 1. The molecule has 2 fully saturated rings. The van der Waals surface area contributed by atoms with Crippen LogP contribution in [-0.2, 0) is 12.4 Å². The van der Waals surface area contributed by atoms with Crippen LogP contribution in [0.25, 0.3) is 0 Å². The van der Waals surface area contributed by atoms with Gasteiger partial charge in [0.25, 0.3) is 5.91 Å². The molecule has 0 radical (unpaired) electrons. The maximum absolute atomic E-state index is 14.0. The molecule has 1 atom stereocenters. The lowest BCUT2D eigenvalue weighted by atomic mass is 9.81. The van der Waals surface area contributed by atoms with Gasteiger partial charge in [-0.15, -0.1) is 0 Å². The quantitative estimate of drug-likeness (QED) is 0.441. The van der Waals surface area contributed by atoms with E-state index in [2.05, 4.69) is 10.2 Å². The van der Waals surface area contributed by atoms with Crippen molar-refractivity contribution < 1.29 is 35.9 Å². The lowest BCUT2D eigenvalue weighted by Gasteiger charge is -2.45. The monoisotopic (exact) mass is 514 g/mol. The summed E-state index contributed by atoms with van der Waals surface area (Å²) >= 11 is 0. The average molecular weight is 515 g/mol. The van der Waals surface area contributed by atoms with Crippen LogP contribution < -0.4 is 10.1 Å². The number of nitrogens with zero attached hydrogens (tertiary/aromatic N) is 1. The lowest BCUT2D eigenvalue weighted by molar-refractivity contribution is -0.143. The Labute approximate surface area is 205 Å². The molecular formula is C26H28F6N2O2. The number of hydrogen-bond acceptors (Lipinski definition) is 3. The van der Waals surface area contributed by atoms with E-state index < -0.39 is 52.3 Å². The van der Waals surface area contributed by atoms with Crippen LogP contribution in [0, 0.1) is 0 Å². The first-order chi connectivity index (χ1) is 17.0. The summed E-state index contributed by atoms with van der Waals surface area (Å²) in [6.45, 7) is 1.63. The summed E-state index contributed by atoms with van der Waals surface area (Å²) in [7, 11) is 0.948. The van der Waals surface area contributed by atoms with E-state index >= 15 is 0 Å². The van der Waals surface area contributed by atoms with Crippen molar-refractivity contribution in [2.75, 3.05) is 20.2 Å². The van der Waals surface area contributed by atoms with E-state index in [1.165, 1.54) is 0 Å². The van der Waals surface area contributed by atoms with Gasteiger partial charge in [-0.3, -0.25) is 9.69 Å². The molecule has 1 saturated carbocycles. The first kappa shape index (κ1) is 26.3. The number of rotatable bonds is 6. The van der Waals surface area contributed by atoms with Crippen LogP contribution >= 0.6 is 0 Å². The second-order valence-electron chi connectivity index (χ2n) is 9.42. The van der Waals surface area contributed by atoms with Gasteiger partial charge in [0, 0.05) is 5.54 Å². The fraction of sp³-hybridized carbons (Fsp3) is 0.500. The molecule has 4 nitrogen and oxygen atoms in total. The summed E-state index contributed by atoms with van der Waals surface area (Å²) in [6.07, 6.45) is -4.95. The number of methoxy groups -OCH3 is 1. The van der Waals surface area contributed by atoms with Crippen molar-refractivity contribution in [1.82, 2.24) is 10.2 Å². The highest BCUT2D eigenvalue weighted by Gasteiger charge is 2.49. The molecule has 1 heterocycles. The number of nitrogens with one attached hydrogen (secondary N) is 1. The molecule has 36 heavy (non-hydrogen) atoms. The molecule has 0 bridgehead atoms. The highest BCUT2D eigenvalue weighted by Crippen LogP contribution is 2.47. The third kappa shape index (κ3) is 5.05. The van der Waals surface area contributed by atoms with E-state index in [0.717, 1.165) is 64.3 Å². The second-order valence-corrected chi connectivity index (χ2v) is 9.42. The van der Waals surface area contributed by atoms with Crippen molar-refractivity contribution in [3.63, 3.8) is 0 Å². The van der Waals surface area contributed by atoms with Crippen LogP contribution in [0.5, 0.6) is 5.75 Å². The molecule has 10 heteroatoms. The van der Waals surface area contributed by atoms with Crippen LogP contribution in [0.15, 0.2) is 42.5 Å². The number of benzene rings is 2. The molecule has 0 aromatic heterocycles. The number of amides is 1. The molecule has 2 aromatic rings. The number of carbonyl (C=O) groups excluding carboxylic acids is 1. The maximum Gasteiger partial charge on any atom is 0.417 e. The highest BCUT2D eigenvalue weighted by atomic mass is 19.4. The minimum absolute atomic E-state index is 0.0270. The van der Waals surface area contributed by atoms with Gasteiger partial charge in [0.1, 0.15) is 5.75 Å². The third-order valence-electron chi connectivity index (χ3n) is 7.33. The fourth-order valence-corrected chi connectivity index (χ4v) is 5.71. The topological polar surface area (TPSA) is 41.6 Å². The summed E-state index contributed by atoms with van der Waals surface area (Å²) in [6, 6.07) is 8.78. The molecule has 196 valence electrons. The zero-order chi connectivity index (χ0) is 26.1. The summed E-state index contributed by atoms with van der Waals surface area (Å²) in [5.74, 6) is -1.89. The highest BCUT2D eigenvalue weighted by molar-refractivity contribution is 5.99. The van der Waals surface area contributed by atoms with Gasteiger partial charge in [-0.25, -0.2) is 0 Å². The van der Waals surface area contributed by atoms with E-state index in [-0.39, 0.29) is 6.07 Å². The Bertz CT molecular complexity index is 1070. The summed E-state index contributed by atoms with van der Waals surface area (Å²) in [5, 5.41) is 2.81. The Morgan fingerprint density at radius 1 is 0.944 bits per heavy atom. The van der Waals surface area contributed by atoms with E-state index in [9.17, 15) is 31.1 Å². The number of ether oxygens (including phenoxy) is 1. The zero-order valence-corrected chi connectivity index (χ0v) is 19.8. The molecule has 1 saturated heterocycles. The predicted octanol–water partition coefficient (Wildman–Crippen LogP) is 6.61. The van der Waals surface area contributed by atoms with Crippen molar-refractivity contribution >= 4 is 5.91 Å². The Hall–Kier alpha value is -2.75. The molecule has 1 unspecified atom stereocenters. The van der Waals surface area contributed by atoms with Gasteiger partial charge >= 0.3 is 12.4 Å². The van der Waals surface area contributed by atoms with Crippen LogP contribution in [0.2, 0.25) is 0 Å². The zero-order valence-electron chi connectivity index (χ0n) is 19.8. The van der Waals surface area contributed by atoms with Crippen LogP contribution in [0.4, 0.5) is 26.3 Å². The van der Waals surface area contributed by atoms with Crippen LogP contribution in [0.1, 0.15) is 71.6 Å². The van der Waals surface area contributed by atoms with E-state index in [1.807, 2.05) is 12.1 Å². The van der Waals surface area contributed by atoms with Crippen LogP contribution in [0.3, 0.4) is 0 Å². The largest absolute Gasteiger partial charge is 0.496 e. The Balaban J connectivity index is 1.82. The van der Waals surface area contributed by atoms with E-state index in [1.54, 1.807) is 18.2 Å². The molecule has 1 aliphatic carbocycles. The molecular weight excluding hydrogens is 486 g/mol. The summed E-state index contributed by atoms with van der Waals surface area (Å²) in [4.78, 5) is 15.9. The van der Waals surface area contributed by atoms with Gasteiger partial charge in [0.05, 0.1) is 29.8 Å². The van der Waals surface area contributed by atoms with Gasteiger partial charge in [0.15, 0.2) is 0 Å². The molecule has 1 amide bonds. The number of likely N-dealkylation sites (tertiary alicyclic amines) is 1. The first-order valence-corrected chi connectivity index (χ1v) is 11.9. The van der Waals surface area contributed by atoms with Gasteiger partial charge in [-0.05, 0) is 56.5 Å². The first-order valence-electron chi connectivity index (χ1n) is 11.9. The Morgan fingerprint density at radius 2 is 1.56 bits per heavy atom. The van der Waals surface area contributed by atoms with Crippen LogP contribution in [-0.4, -0.2) is 36.5 Å². The smallest absolute Gasteiger partial charge is 0.417 e. The van der Waals surface area contributed by atoms with Crippen molar-refractivity contribution in [2.24, 2.45) is 0 Å². The van der Waals surface area contributed by atoms with E-state index in [4.69, 9.17) is 4.74 Å². The minimum Gasteiger partial charge on any atom is -0.496 e. The molecule has 1 N–H and O–H groups in total. The average Bonchev–Trinajstić information content (AvgIpc) is 3.54. The number of halogens is 6. The molecule has 0 spiro atoms. The molecule has 1 aliphatic heterocycles. The van der Waals surface area contributed by atoms with Crippen molar-refractivity contribution in [1.29, 1.82) is 0 Å². The standard InChI is InChI=1S/C26H28F6N2O2/c1-36-20-16-18(25(27,28)29)15-19(26(30,31)32)21(20)23(35)33-22(17-9-3-2-4-10-17)24(11-5-6-12-24)34-13-7-8-14-34/h2-4,9-10,15-16,22H,5-8,11-14H2,1H3,(H,33,35). The van der Waals surface area contributed by atoms with Crippen molar-refractivity contribution in [3.8, 4) is 5.75 Å². The van der Waals surface area contributed by atoms with Crippen molar-refractivity contribution in [2.45, 2.75) is 62.5 Å². The number of hydrogen-bond donors (Lipinski definition) is 1. The fourth-order valence-electron chi connectivity index (χ4n) is 5.71. The third-order valence-corrected chi connectivity index (χ3v) is 7.33. The van der Waals surface area contributed by atoms with E-state index in [0.29, 0.717) is 6.07 Å². The molecule has 2 aliphatic rings.